The molecule has 0 aliphatic rings. The van der Waals surface area contributed by atoms with Gasteiger partial charge in [-0.3, -0.25) is 9.97 Å². The molecule has 0 radical (unpaired) electrons. The van der Waals surface area contributed by atoms with Crippen molar-refractivity contribution in [1.29, 1.82) is 0 Å². The third kappa shape index (κ3) is 2.96. The van der Waals surface area contributed by atoms with Gasteiger partial charge in [-0.15, -0.1) is 0 Å². The zero-order valence-electron chi connectivity index (χ0n) is 12.5. The quantitative estimate of drug-likeness (QED) is 0.927. The number of rotatable bonds is 4. The predicted molar refractivity (Wildman–Crippen MR) is 80.0 cm³/mol. The molecule has 2 heterocycles. The van der Waals surface area contributed by atoms with Crippen molar-refractivity contribution in [3.05, 3.63) is 46.5 Å². The molecule has 20 heavy (non-hydrogen) atoms. The zero-order valence-corrected chi connectivity index (χ0v) is 12.5. The van der Waals surface area contributed by atoms with Crippen LogP contribution < -0.4 is 10.5 Å². The van der Waals surface area contributed by atoms with Gasteiger partial charge in [-0.2, -0.15) is 0 Å². The van der Waals surface area contributed by atoms with E-state index in [9.17, 15) is 0 Å². The number of ether oxygens (including phenoxy) is 1. The molecule has 0 saturated heterocycles. The van der Waals surface area contributed by atoms with E-state index in [1.54, 1.807) is 0 Å². The molecule has 2 N–H and O–H groups in total. The summed E-state index contributed by atoms with van der Waals surface area (Å²) in [5.74, 6) is 1.57. The molecule has 0 amide bonds. The standard InChI is InChI=1S/C16H21N3O/c1-5-14-15(7-6-10(2)19-14)20-16-8-11(3)18-12(4)13(16)9-17/h6-8H,5,9,17H2,1-4H3. The van der Waals surface area contributed by atoms with Crippen molar-refractivity contribution >= 4 is 0 Å². The van der Waals surface area contributed by atoms with Gasteiger partial charge in [0.1, 0.15) is 11.5 Å². The summed E-state index contributed by atoms with van der Waals surface area (Å²) in [5.41, 5.74) is 10.6. The molecule has 0 bridgehead atoms. The van der Waals surface area contributed by atoms with Crippen LogP contribution in [-0.4, -0.2) is 9.97 Å². The Morgan fingerprint density at radius 2 is 1.80 bits per heavy atom. The van der Waals surface area contributed by atoms with Gasteiger partial charge in [-0.1, -0.05) is 6.92 Å². The molecule has 2 aromatic heterocycles. The highest BCUT2D eigenvalue weighted by molar-refractivity contribution is 5.42. The van der Waals surface area contributed by atoms with E-state index in [4.69, 9.17) is 10.5 Å². The summed E-state index contributed by atoms with van der Waals surface area (Å²) >= 11 is 0. The second-order valence-electron chi connectivity index (χ2n) is 4.88. The fourth-order valence-corrected chi connectivity index (χ4v) is 2.22. The third-order valence-corrected chi connectivity index (χ3v) is 3.25. The molecule has 0 fully saturated rings. The fourth-order valence-electron chi connectivity index (χ4n) is 2.22. The van der Waals surface area contributed by atoms with E-state index in [0.29, 0.717) is 6.54 Å². The maximum atomic E-state index is 6.06. The van der Waals surface area contributed by atoms with Gasteiger partial charge < -0.3 is 10.5 Å². The lowest BCUT2D eigenvalue weighted by Crippen LogP contribution is -2.06. The van der Waals surface area contributed by atoms with Crippen molar-refractivity contribution in [1.82, 2.24) is 9.97 Å². The zero-order chi connectivity index (χ0) is 14.7. The summed E-state index contributed by atoms with van der Waals surface area (Å²) in [6.45, 7) is 8.37. The van der Waals surface area contributed by atoms with Gasteiger partial charge in [-0.25, -0.2) is 0 Å². The van der Waals surface area contributed by atoms with Crippen LogP contribution >= 0.6 is 0 Å². The summed E-state index contributed by atoms with van der Waals surface area (Å²) in [4.78, 5) is 8.94. The number of nitrogens with zero attached hydrogens (tertiary/aromatic N) is 2. The Labute approximate surface area is 120 Å². The second kappa shape index (κ2) is 6.01. The summed E-state index contributed by atoms with van der Waals surface area (Å²) in [6.07, 6.45) is 0.831. The van der Waals surface area contributed by atoms with Crippen molar-refractivity contribution < 1.29 is 4.74 Å². The largest absolute Gasteiger partial charge is 0.455 e. The number of hydrogen-bond acceptors (Lipinski definition) is 4. The molecule has 0 atom stereocenters. The Bertz CT molecular complexity index is 623. The molecule has 106 valence electrons. The number of hydrogen-bond donors (Lipinski definition) is 1. The lowest BCUT2D eigenvalue weighted by atomic mass is 10.1. The van der Waals surface area contributed by atoms with Gasteiger partial charge >= 0.3 is 0 Å². The Morgan fingerprint density at radius 1 is 1.05 bits per heavy atom. The molecule has 4 nitrogen and oxygen atoms in total. The molecule has 4 heteroatoms. The van der Waals surface area contributed by atoms with Crippen LogP contribution in [-0.2, 0) is 13.0 Å². The molecule has 0 unspecified atom stereocenters. The molecule has 0 aromatic carbocycles. The summed E-state index contributed by atoms with van der Waals surface area (Å²) in [5, 5.41) is 0. The Kier molecular flexibility index (Phi) is 4.35. The van der Waals surface area contributed by atoms with E-state index in [0.717, 1.165) is 46.3 Å². The van der Waals surface area contributed by atoms with Crippen LogP contribution in [0.5, 0.6) is 11.5 Å². The van der Waals surface area contributed by atoms with Crippen LogP contribution in [0.25, 0.3) is 0 Å². The third-order valence-electron chi connectivity index (χ3n) is 3.25. The van der Waals surface area contributed by atoms with E-state index in [1.807, 2.05) is 39.0 Å². The molecule has 0 aliphatic carbocycles. The minimum absolute atomic E-state index is 0.412. The smallest absolute Gasteiger partial charge is 0.148 e. The van der Waals surface area contributed by atoms with Crippen LogP contribution in [0, 0.1) is 20.8 Å². The maximum absolute atomic E-state index is 6.06. The SMILES string of the molecule is CCc1nc(C)ccc1Oc1cc(C)nc(C)c1CN. The molecule has 0 aliphatic heterocycles. The van der Waals surface area contributed by atoms with Crippen molar-refractivity contribution in [3.63, 3.8) is 0 Å². The van der Waals surface area contributed by atoms with Gasteiger partial charge in [0.25, 0.3) is 0 Å². The first kappa shape index (κ1) is 14.5. The van der Waals surface area contributed by atoms with Crippen LogP contribution in [0.4, 0.5) is 0 Å². The highest BCUT2D eigenvalue weighted by Gasteiger charge is 2.12. The van der Waals surface area contributed by atoms with E-state index < -0.39 is 0 Å². The monoisotopic (exact) mass is 271 g/mol. The maximum Gasteiger partial charge on any atom is 0.148 e. The first-order valence-corrected chi connectivity index (χ1v) is 6.86. The van der Waals surface area contributed by atoms with E-state index in [1.165, 1.54) is 0 Å². The van der Waals surface area contributed by atoms with Crippen molar-refractivity contribution in [2.24, 2.45) is 5.73 Å². The highest BCUT2D eigenvalue weighted by Crippen LogP contribution is 2.29. The van der Waals surface area contributed by atoms with Crippen molar-refractivity contribution in [2.45, 2.75) is 40.7 Å². The summed E-state index contributed by atoms with van der Waals surface area (Å²) in [6, 6.07) is 5.85. The van der Waals surface area contributed by atoms with Gasteiger partial charge in [0.05, 0.1) is 5.69 Å². The van der Waals surface area contributed by atoms with E-state index in [2.05, 4.69) is 16.9 Å². The number of pyridine rings is 2. The number of aryl methyl sites for hydroxylation is 4. The van der Waals surface area contributed by atoms with Crippen molar-refractivity contribution in [2.75, 3.05) is 0 Å². The predicted octanol–water partition coefficient (Wildman–Crippen LogP) is 3.22. The molecular weight excluding hydrogens is 250 g/mol. The normalized spacial score (nSPS) is 10.7. The molecular formula is C16H21N3O. The Morgan fingerprint density at radius 3 is 2.45 bits per heavy atom. The van der Waals surface area contributed by atoms with Crippen LogP contribution in [0.2, 0.25) is 0 Å². The van der Waals surface area contributed by atoms with Gasteiger partial charge in [0, 0.05) is 35.3 Å². The highest BCUT2D eigenvalue weighted by atomic mass is 16.5. The lowest BCUT2D eigenvalue weighted by Gasteiger charge is -2.15. The minimum Gasteiger partial charge on any atom is -0.455 e. The van der Waals surface area contributed by atoms with Crippen molar-refractivity contribution in [3.8, 4) is 11.5 Å². The minimum atomic E-state index is 0.412. The topological polar surface area (TPSA) is 61.0 Å². The average Bonchev–Trinajstić information content (AvgIpc) is 2.40. The molecule has 2 rings (SSSR count). The lowest BCUT2D eigenvalue weighted by molar-refractivity contribution is 0.464. The van der Waals surface area contributed by atoms with Gasteiger partial charge in [0.15, 0.2) is 0 Å². The van der Waals surface area contributed by atoms with Crippen LogP contribution in [0.15, 0.2) is 18.2 Å². The first-order valence-electron chi connectivity index (χ1n) is 6.86. The number of nitrogens with two attached hydrogens (primary N) is 1. The molecule has 0 saturated carbocycles. The van der Waals surface area contributed by atoms with Crippen LogP contribution in [0.3, 0.4) is 0 Å². The van der Waals surface area contributed by atoms with Crippen LogP contribution in [0.1, 0.15) is 35.3 Å². The van der Waals surface area contributed by atoms with E-state index >= 15 is 0 Å². The Balaban J connectivity index is 2.44. The van der Waals surface area contributed by atoms with E-state index in [-0.39, 0.29) is 0 Å². The number of aromatic nitrogens is 2. The second-order valence-corrected chi connectivity index (χ2v) is 4.88. The summed E-state index contributed by atoms with van der Waals surface area (Å²) in [7, 11) is 0. The van der Waals surface area contributed by atoms with Gasteiger partial charge in [-0.05, 0) is 39.3 Å². The first-order chi connectivity index (χ1) is 9.55. The summed E-state index contributed by atoms with van der Waals surface area (Å²) < 4.78 is 6.06. The molecule has 2 aromatic rings. The average molecular weight is 271 g/mol. The van der Waals surface area contributed by atoms with Gasteiger partial charge in [0.2, 0.25) is 0 Å². The molecule has 0 spiro atoms. The fraction of sp³-hybridized carbons (Fsp3) is 0.375. The Hall–Kier alpha value is -1.94.